The van der Waals surface area contributed by atoms with Crippen LogP contribution in [0.15, 0.2) is 29.5 Å². The zero-order chi connectivity index (χ0) is 19.1. The molecule has 1 aromatic carbocycles. The molecule has 0 saturated carbocycles. The lowest BCUT2D eigenvalue weighted by Gasteiger charge is -2.30. The molecule has 1 aromatic rings. The first-order valence-electron chi connectivity index (χ1n) is 8.69. The van der Waals surface area contributed by atoms with Crippen molar-refractivity contribution >= 4 is 23.3 Å². The maximum atomic E-state index is 12.7. The van der Waals surface area contributed by atoms with E-state index in [1.165, 1.54) is 0 Å². The van der Waals surface area contributed by atoms with Gasteiger partial charge in [0.15, 0.2) is 5.11 Å². The summed E-state index contributed by atoms with van der Waals surface area (Å²) < 4.78 is 16.3. The molecule has 0 aromatic heterocycles. The van der Waals surface area contributed by atoms with Crippen LogP contribution in [0.25, 0.3) is 0 Å². The molecule has 7 heteroatoms. The second-order valence-corrected chi connectivity index (χ2v) is 6.43. The largest absolute Gasteiger partial charge is 0.497 e. The Morgan fingerprint density at radius 1 is 1.23 bits per heavy atom. The minimum absolute atomic E-state index is 0.365. The molecule has 0 spiro atoms. The van der Waals surface area contributed by atoms with Gasteiger partial charge in [0.1, 0.15) is 11.5 Å². The predicted molar refractivity (Wildman–Crippen MR) is 104 cm³/mol. The van der Waals surface area contributed by atoms with Crippen LogP contribution in [-0.4, -0.2) is 31.9 Å². The molecule has 1 heterocycles. The number of thiocarbonyl (C=S) groups is 1. The summed E-state index contributed by atoms with van der Waals surface area (Å²) in [7, 11) is 3.18. The van der Waals surface area contributed by atoms with Crippen molar-refractivity contribution in [1.29, 1.82) is 0 Å². The SMILES string of the molecule is CCCCCOC(=O)C1=C(C)NC(=S)N[C@@H]1c1cc(OC)ccc1OC. The fourth-order valence-corrected chi connectivity index (χ4v) is 3.13. The molecule has 0 radical (unpaired) electrons. The number of hydrogen-bond acceptors (Lipinski definition) is 5. The highest BCUT2D eigenvalue weighted by Gasteiger charge is 2.33. The van der Waals surface area contributed by atoms with E-state index in [1.807, 2.05) is 13.0 Å². The second kappa shape index (κ2) is 9.43. The van der Waals surface area contributed by atoms with Gasteiger partial charge < -0.3 is 24.8 Å². The summed E-state index contributed by atoms with van der Waals surface area (Å²) in [5, 5.41) is 6.60. The first-order valence-corrected chi connectivity index (χ1v) is 9.10. The first kappa shape index (κ1) is 20.0. The van der Waals surface area contributed by atoms with Crippen LogP contribution >= 0.6 is 12.2 Å². The minimum Gasteiger partial charge on any atom is -0.497 e. The summed E-state index contributed by atoms with van der Waals surface area (Å²) in [5.74, 6) is 0.938. The van der Waals surface area contributed by atoms with Gasteiger partial charge in [-0.2, -0.15) is 0 Å². The van der Waals surface area contributed by atoms with Crippen LogP contribution in [0.4, 0.5) is 0 Å². The van der Waals surface area contributed by atoms with Crippen LogP contribution in [0.1, 0.15) is 44.7 Å². The van der Waals surface area contributed by atoms with E-state index in [4.69, 9.17) is 26.4 Å². The lowest BCUT2D eigenvalue weighted by atomic mass is 9.94. The molecule has 1 aliphatic heterocycles. The molecule has 1 atom stereocenters. The Hall–Kier alpha value is -2.28. The van der Waals surface area contributed by atoms with Crippen molar-refractivity contribution in [2.24, 2.45) is 0 Å². The number of carbonyl (C=O) groups excluding carboxylic acids is 1. The number of carbonyl (C=O) groups is 1. The Bertz CT molecular complexity index is 703. The number of rotatable bonds is 8. The molecule has 0 bridgehead atoms. The molecule has 6 nitrogen and oxygen atoms in total. The fraction of sp³-hybridized carbons (Fsp3) is 0.474. The summed E-state index contributed by atoms with van der Waals surface area (Å²) in [6.07, 6.45) is 2.94. The van der Waals surface area contributed by atoms with Crippen LogP contribution in [0, 0.1) is 0 Å². The number of benzene rings is 1. The van der Waals surface area contributed by atoms with Gasteiger partial charge in [0.05, 0.1) is 32.4 Å². The van der Waals surface area contributed by atoms with Crippen LogP contribution in [0.2, 0.25) is 0 Å². The zero-order valence-electron chi connectivity index (χ0n) is 15.7. The van der Waals surface area contributed by atoms with Gasteiger partial charge in [-0.3, -0.25) is 0 Å². The van der Waals surface area contributed by atoms with Gasteiger partial charge in [0.25, 0.3) is 0 Å². The Kier molecular flexibility index (Phi) is 7.26. The number of hydrogen-bond donors (Lipinski definition) is 2. The highest BCUT2D eigenvalue weighted by Crippen LogP contribution is 2.35. The number of unbranched alkanes of at least 4 members (excludes halogenated alkanes) is 2. The maximum absolute atomic E-state index is 12.7. The van der Waals surface area contributed by atoms with Gasteiger partial charge in [-0.15, -0.1) is 0 Å². The Labute approximate surface area is 159 Å². The average Bonchev–Trinajstić information content (AvgIpc) is 2.63. The van der Waals surface area contributed by atoms with Gasteiger partial charge in [-0.1, -0.05) is 19.8 Å². The van der Waals surface area contributed by atoms with E-state index in [2.05, 4.69) is 17.6 Å². The predicted octanol–water partition coefficient (Wildman–Crippen LogP) is 3.23. The lowest BCUT2D eigenvalue weighted by molar-refractivity contribution is -0.139. The van der Waals surface area contributed by atoms with E-state index in [0.717, 1.165) is 24.8 Å². The van der Waals surface area contributed by atoms with Crippen LogP contribution in [0.3, 0.4) is 0 Å². The van der Waals surface area contributed by atoms with Crippen molar-refractivity contribution in [1.82, 2.24) is 10.6 Å². The lowest BCUT2D eigenvalue weighted by Crippen LogP contribution is -2.45. The molecule has 0 unspecified atom stereocenters. The maximum Gasteiger partial charge on any atom is 0.338 e. The van der Waals surface area contributed by atoms with E-state index < -0.39 is 6.04 Å². The topological polar surface area (TPSA) is 68.8 Å². The molecule has 0 aliphatic carbocycles. The van der Waals surface area contributed by atoms with Crippen molar-refractivity contribution in [2.75, 3.05) is 20.8 Å². The summed E-state index contributed by atoms with van der Waals surface area (Å²) in [5.41, 5.74) is 1.92. The average molecular weight is 378 g/mol. The number of esters is 1. The quantitative estimate of drug-likeness (QED) is 0.409. The summed E-state index contributed by atoms with van der Waals surface area (Å²) in [6.45, 7) is 4.32. The summed E-state index contributed by atoms with van der Waals surface area (Å²) in [4.78, 5) is 12.7. The van der Waals surface area contributed by atoms with Crippen molar-refractivity contribution in [3.8, 4) is 11.5 Å². The standard InChI is InChI=1S/C19H26N2O4S/c1-5-6-7-10-25-18(22)16-12(2)20-19(26)21-17(16)14-11-13(23-3)8-9-15(14)24-4/h8-9,11,17H,5-7,10H2,1-4H3,(H2,20,21,26)/t17-/m1/s1. The van der Waals surface area contributed by atoms with Gasteiger partial charge in [-0.05, 0) is 43.8 Å². The molecular formula is C19H26N2O4S. The van der Waals surface area contributed by atoms with Crippen molar-refractivity contribution in [3.63, 3.8) is 0 Å². The highest BCUT2D eigenvalue weighted by molar-refractivity contribution is 7.80. The van der Waals surface area contributed by atoms with E-state index in [1.54, 1.807) is 26.4 Å². The Morgan fingerprint density at radius 3 is 2.65 bits per heavy atom. The number of allylic oxidation sites excluding steroid dienone is 1. The van der Waals surface area contributed by atoms with Crippen LogP contribution in [0.5, 0.6) is 11.5 Å². The monoisotopic (exact) mass is 378 g/mol. The number of methoxy groups -OCH3 is 2. The third kappa shape index (κ3) is 4.66. The van der Waals surface area contributed by atoms with Crippen molar-refractivity contribution < 1.29 is 19.0 Å². The molecule has 0 saturated heterocycles. The summed E-state index contributed by atoms with van der Waals surface area (Å²) in [6, 6.07) is 4.97. The third-order valence-corrected chi connectivity index (χ3v) is 4.44. The van der Waals surface area contributed by atoms with E-state index in [-0.39, 0.29) is 5.97 Å². The minimum atomic E-state index is -0.479. The van der Waals surface area contributed by atoms with E-state index in [0.29, 0.717) is 34.5 Å². The molecule has 142 valence electrons. The third-order valence-electron chi connectivity index (χ3n) is 4.22. The smallest absolute Gasteiger partial charge is 0.338 e. The Morgan fingerprint density at radius 2 is 2.00 bits per heavy atom. The molecule has 26 heavy (non-hydrogen) atoms. The normalized spacial score (nSPS) is 16.6. The van der Waals surface area contributed by atoms with Crippen LogP contribution in [-0.2, 0) is 9.53 Å². The van der Waals surface area contributed by atoms with Gasteiger partial charge >= 0.3 is 5.97 Å². The first-order chi connectivity index (χ1) is 12.5. The van der Waals surface area contributed by atoms with Crippen LogP contribution < -0.4 is 20.1 Å². The van der Waals surface area contributed by atoms with E-state index in [9.17, 15) is 4.79 Å². The molecule has 1 aliphatic rings. The fourth-order valence-electron chi connectivity index (χ4n) is 2.86. The zero-order valence-corrected chi connectivity index (χ0v) is 16.5. The molecule has 0 amide bonds. The van der Waals surface area contributed by atoms with Gasteiger partial charge in [0, 0.05) is 11.3 Å². The Balaban J connectivity index is 2.36. The van der Waals surface area contributed by atoms with Gasteiger partial charge in [-0.25, -0.2) is 4.79 Å². The number of nitrogens with one attached hydrogen (secondary N) is 2. The highest BCUT2D eigenvalue weighted by atomic mass is 32.1. The van der Waals surface area contributed by atoms with Crippen molar-refractivity contribution in [3.05, 3.63) is 35.0 Å². The second-order valence-electron chi connectivity index (χ2n) is 6.02. The molecule has 2 N–H and O–H groups in total. The summed E-state index contributed by atoms with van der Waals surface area (Å²) >= 11 is 5.28. The molecule has 0 fully saturated rings. The number of ether oxygens (including phenoxy) is 3. The molecular weight excluding hydrogens is 352 g/mol. The van der Waals surface area contributed by atoms with Crippen molar-refractivity contribution in [2.45, 2.75) is 39.2 Å². The molecule has 2 rings (SSSR count). The van der Waals surface area contributed by atoms with E-state index >= 15 is 0 Å². The van der Waals surface area contributed by atoms with Gasteiger partial charge in [0.2, 0.25) is 0 Å².